The van der Waals surface area contributed by atoms with Crippen LogP contribution in [0.1, 0.15) is 32.3 Å². The second kappa shape index (κ2) is 6.89. The van der Waals surface area contributed by atoms with E-state index in [-0.39, 0.29) is 0 Å². The first-order valence-corrected chi connectivity index (χ1v) is 5.86. The van der Waals surface area contributed by atoms with Crippen molar-refractivity contribution in [1.82, 2.24) is 0 Å². The van der Waals surface area contributed by atoms with Crippen molar-refractivity contribution in [1.29, 1.82) is 0 Å². The summed E-state index contributed by atoms with van der Waals surface area (Å²) in [6, 6.07) is 8.12. The molecule has 0 spiro atoms. The van der Waals surface area contributed by atoms with Crippen molar-refractivity contribution in [2.45, 2.75) is 33.6 Å². The predicted molar refractivity (Wildman–Crippen MR) is 69.6 cm³/mol. The van der Waals surface area contributed by atoms with Gasteiger partial charge >= 0.3 is 0 Å². The van der Waals surface area contributed by atoms with Crippen molar-refractivity contribution in [3.8, 4) is 5.75 Å². The third-order valence-electron chi connectivity index (χ3n) is 2.27. The molecule has 1 aromatic rings. The zero-order valence-corrected chi connectivity index (χ0v) is 10.4. The normalized spacial score (nSPS) is 12.1. The maximum atomic E-state index is 5.78. The Labute approximate surface area is 98.5 Å². The SMILES string of the molecule is CC/C=C\C=C(/CC)Oc1ccc(C)cc1. The summed E-state index contributed by atoms with van der Waals surface area (Å²) in [6.45, 7) is 6.29. The number of allylic oxidation sites excluding steroid dienone is 4. The lowest BCUT2D eigenvalue weighted by atomic mass is 10.2. The summed E-state index contributed by atoms with van der Waals surface area (Å²) in [5.74, 6) is 1.90. The van der Waals surface area contributed by atoms with Crippen LogP contribution in [-0.2, 0) is 0 Å². The second-order valence-electron chi connectivity index (χ2n) is 3.74. The Morgan fingerprint density at radius 1 is 1.19 bits per heavy atom. The summed E-state index contributed by atoms with van der Waals surface area (Å²) < 4.78 is 5.78. The highest BCUT2D eigenvalue weighted by Crippen LogP contribution is 2.16. The molecule has 0 N–H and O–H groups in total. The van der Waals surface area contributed by atoms with E-state index in [4.69, 9.17) is 4.74 Å². The topological polar surface area (TPSA) is 9.23 Å². The van der Waals surface area contributed by atoms with Gasteiger partial charge in [-0.3, -0.25) is 0 Å². The van der Waals surface area contributed by atoms with Crippen LogP contribution in [-0.4, -0.2) is 0 Å². The monoisotopic (exact) mass is 216 g/mol. The number of aryl methyl sites for hydroxylation is 1. The molecule has 0 saturated heterocycles. The van der Waals surface area contributed by atoms with Crippen LogP contribution in [0, 0.1) is 6.92 Å². The first-order chi connectivity index (χ1) is 7.76. The van der Waals surface area contributed by atoms with Gasteiger partial charge in [-0.1, -0.05) is 43.7 Å². The molecule has 0 aromatic heterocycles. The van der Waals surface area contributed by atoms with E-state index in [1.807, 2.05) is 24.3 Å². The van der Waals surface area contributed by atoms with Gasteiger partial charge < -0.3 is 4.74 Å². The maximum absolute atomic E-state index is 5.78. The third kappa shape index (κ3) is 4.35. The third-order valence-corrected chi connectivity index (χ3v) is 2.27. The summed E-state index contributed by atoms with van der Waals surface area (Å²) in [5, 5.41) is 0. The zero-order chi connectivity index (χ0) is 11.8. The highest BCUT2D eigenvalue weighted by atomic mass is 16.5. The van der Waals surface area contributed by atoms with Crippen LogP contribution in [0.15, 0.2) is 48.3 Å². The van der Waals surface area contributed by atoms with Gasteiger partial charge in [-0.2, -0.15) is 0 Å². The van der Waals surface area contributed by atoms with Crippen LogP contribution >= 0.6 is 0 Å². The van der Waals surface area contributed by atoms with Gasteiger partial charge in [0.05, 0.1) is 0 Å². The van der Waals surface area contributed by atoms with Gasteiger partial charge in [0.15, 0.2) is 0 Å². The molecule has 16 heavy (non-hydrogen) atoms. The molecule has 1 nitrogen and oxygen atoms in total. The molecule has 0 radical (unpaired) electrons. The molecule has 0 bridgehead atoms. The number of rotatable bonds is 5. The van der Waals surface area contributed by atoms with Crippen molar-refractivity contribution in [3.63, 3.8) is 0 Å². The molecule has 0 heterocycles. The van der Waals surface area contributed by atoms with Gasteiger partial charge in [0.25, 0.3) is 0 Å². The Bertz CT molecular complexity index is 358. The summed E-state index contributed by atoms with van der Waals surface area (Å²) in [6.07, 6.45) is 8.16. The second-order valence-corrected chi connectivity index (χ2v) is 3.74. The lowest BCUT2D eigenvalue weighted by Crippen LogP contribution is -1.93. The summed E-state index contributed by atoms with van der Waals surface area (Å²) in [4.78, 5) is 0. The van der Waals surface area contributed by atoms with Gasteiger partial charge in [-0.05, 0) is 31.6 Å². The fourth-order valence-electron chi connectivity index (χ4n) is 1.29. The van der Waals surface area contributed by atoms with E-state index in [1.54, 1.807) is 0 Å². The Balaban J connectivity index is 2.66. The van der Waals surface area contributed by atoms with Crippen LogP contribution in [0.5, 0.6) is 5.75 Å². The molecule has 0 fully saturated rings. The number of hydrogen-bond acceptors (Lipinski definition) is 1. The quantitative estimate of drug-likeness (QED) is 0.515. The van der Waals surface area contributed by atoms with Crippen LogP contribution in [0.3, 0.4) is 0 Å². The van der Waals surface area contributed by atoms with Gasteiger partial charge in [0, 0.05) is 6.42 Å². The number of hydrogen-bond donors (Lipinski definition) is 0. The number of benzene rings is 1. The molecule has 1 rings (SSSR count). The van der Waals surface area contributed by atoms with Gasteiger partial charge in [0.2, 0.25) is 0 Å². The summed E-state index contributed by atoms with van der Waals surface area (Å²) in [5.41, 5.74) is 1.25. The molecule has 0 atom stereocenters. The van der Waals surface area contributed by atoms with E-state index in [1.165, 1.54) is 5.56 Å². The first-order valence-electron chi connectivity index (χ1n) is 5.86. The van der Waals surface area contributed by atoms with Gasteiger partial charge in [0.1, 0.15) is 11.5 Å². The van der Waals surface area contributed by atoms with Crippen LogP contribution in [0.4, 0.5) is 0 Å². The minimum Gasteiger partial charge on any atom is -0.462 e. The smallest absolute Gasteiger partial charge is 0.126 e. The van der Waals surface area contributed by atoms with Crippen molar-refractivity contribution < 1.29 is 4.74 Å². The highest BCUT2D eigenvalue weighted by molar-refractivity contribution is 5.28. The molecular weight excluding hydrogens is 196 g/mol. The molecule has 0 amide bonds. The fourth-order valence-corrected chi connectivity index (χ4v) is 1.29. The van der Waals surface area contributed by atoms with E-state index in [0.29, 0.717) is 0 Å². The van der Waals surface area contributed by atoms with Crippen LogP contribution in [0.25, 0.3) is 0 Å². The summed E-state index contributed by atoms with van der Waals surface area (Å²) >= 11 is 0. The average Bonchev–Trinajstić information content (AvgIpc) is 2.31. The Kier molecular flexibility index (Phi) is 5.41. The largest absolute Gasteiger partial charge is 0.462 e. The predicted octanol–water partition coefficient (Wildman–Crippen LogP) is 4.63. The van der Waals surface area contributed by atoms with Crippen molar-refractivity contribution in [3.05, 3.63) is 53.8 Å². The zero-order valence-electron chi connectivity index (χ0n) is 10.4. The minimum absolute atomic E-state index is 0.905. The molecule has 86 valence electrons. The molecular formula is C15H20O. The minimum atomic E-state index is 0.905. The Morgan fingerprint density at radius 3 is 2.44 bits per heavy atom. The first kappa shape index (κ1) is 12.6. The van der Waals surface area contributed by atoms with E-state index in [2.05, 4.69) is 39.0 Å². The average molecular weight is 216 g/mol. The van der Waals surface area contributed by atoms with Crippen LogP contribution < -0.4 is 4.74 Å². The molecule has 0 unspecified atom stereocenters. The van der Waals surface area contributed by atoms with Crippen LogP contribution in [0.2, 0.25) is 0 Å². The Morgan fingerprint density at radius 2 is 1.88 bits per heavy atom. The summed E-state index contributed by atoms with van der Waals surface area (Å²) in [7, 11) is 0. The lowest BCUT2D eigenvalue weighted by Gasteiger charge is -2.07. The van der Waals surface area contributed by atoms with Crippen molar-refractivity contribution in [2.75, 3.05) is 0 Å². The van der Waals surface area contributed by atoms with Crippen molar-refractivity contribution in [2.24, 2.45) is 0 Å². The molecule has 0 saturated carbocycles. The molecule has 1 aromatic carbocycles. The standard InChI is InChI=1S/C15H20O/c1-4-6-7-8-14(5-2)16-15-11-9-13(3)10-12-15/h6-12H,4-5H2,1-3H3/b7-6-,14-8+. The lowest BCUT2D eigenvalue weighted by molar-refractivity contribution is 0.409. The van der Waals surface area contributed by atoms with E-state index in [9.17, 15) is 0 Å². The van der Waals surface area contributed by atoms with E-state index in [0.717, 1.165) is 24.4 Å². The van der Waals surface area contributed by atoms with Gasteiger partial charge in [-0.25, -0.2) is 0 Å². The van der Waals surface area contributed by atoms with E-state index < -0.39 is 0 Å². The highest BCUT2D eigenvalue weighted by Gasteiger charge is 1.96. The van der Waals surface area contributed by atoms with Crippen molar-refractivity contribution >= 4 is 0 Å². The molecule has 0 aliphatic rings. The van der Waals surface area contributed by atoms with Gasteiger partial charge in [-0.15, -0.1) is 0 Å². The number of ether oxygens (including phenoxy) is 1. The molecule has 0 aliphatic carbocycles. The van der Waals surface area contributed by atoms with E-state index >= 15 is 0 Å². The fraction of sp³-hybridized carbons (Fsp3) is 0.333. The molecule has 1 heteroatoms. The molecule has 0 aliphatic heterocycles. The Hall–Kier alpha value is -1.50. The maximum Gasteiger partial charge on any atom is 0.126 e.